The number of halogens is 1. The van der Waals surface area contributed by atoms with Crippen molar-refractivity contribution in [1.82, 2.24) is 10.2 Å². The molecule has 2 amide bonds. The van der Waals surface area contributed by atoms with Crippen LogP contribution in [0.4, 0.5) is 4.39 Å². The quantitative estimate of drug-likeness (QED) is 0.774. The van der Waals surface area contributed by atoms with Gasteiger partial charge in [0, 0.05) is 6.54 Å². The van der Waals surface area contributed by atoms with Gasteiger partial charge in [0.1, 0.15) is 11.9 Å². The highest BCUT2D eigenvalue weighted by atomic mass is 19.1. The first kappa shape index (κ1) is 17.7. The summed E-state index contributed by atoms with van der Waals surface area (Å²) in [5.41, 5.74) is 0.561. The third-order valence-corrected chi connectivity index (χ3v) is 4.01. The first-order valence-corrected chi connectivity index (χ1v) is 7.63. The lowest BCUT2D eigenvalue weighted by Gasteiger charge is -2.25. The molecule has 2 N–H and O–H groups in total. The number of carbonyl (C=O) groups excluding carboxylic acids is 2. The molecule has 0 bridgehead atoms. The number of nitrogens with one attached hydrogen (secondary N) is 1. The highest BCUT2D eigenvalue weighted by molar-refractivity contribution is 5.88. The topological polar surface area (TPSA) is 86.7 Å². The van der Waals surface area contributed by atoms with Crippen molar-refractivity contribution in [3.8, 4) is 0 Å². The summed E-state index contributed by atoms with van der Waals surface area (Å²) in [6.45, 7) is 3.74. The molecule has 1 fully saturated rings. The Hall–Kier alpha value is -2.70. The number of hydrogen-bond donors (Lipinski definition) is 2. The maximum absolute atomic E-state index is 13.1. The van der Waals surface area contributed by atoms with E-state index in [0.29, 0.717) is 24.9 Å². The molecule has 1 aliphatic heterocycles. The monoisotopic (exact) mass is 334 g/mol. The van der Waals surface area contributed by atoms with E-state index >= 15 is 0 Å². The van der Waals surface area contributed by atoms with Crippen LogP contribution in [0.5, 0.6) is 0 Å². The molecule has 1 heterocycles. The normalized spacial score (nSPS) is 18.0. The Morgan fingerprint density at radius 1 is 1.38 bits per heavy atom. The van der Waals surface area contributed by atoms with Gasteiger partial charge >= 0.3 is 5.97 Å². The molecule has 128 valence electrons. The van der Waals surface area contributed by atoms with E-state index in [-0.39, 0.29) is 12.3 Å². The number of likely N-dealkylation sites (tertiary alicyclic amines) is 1. The Balaban J connectivity index is 2.16. The SMILES string of the molecule is C=CC(=O)N[C@H](CC(=O)N1CCC[C@H]1C(=O)O)c1ccc(F)cc1. The molecule has 6 nitrogen and oxygen atoms in total. The van der Waals surface area contributed by atoms with Crippen LogP contribution in [0.15, 0.2) is 36.9 Å². The van der Waals surface area contributed by atoms with Gasteiger partial charge in [-0.05, 0) is 36.6 Å². The molecule has 0 saturated carbocycles. The minimum atomic E-state index is -1.03. The van der Waals surface area contributed by atoms with Crippen LogP contribution in [0, 0.1) is 5.82 Å². The molecule has 2 rings (SSSR count). The number of hydrogen-bond acceptors (Lipinski definition) is 3. The molecule has 0 spiro atoms. The van der Waals surface area contributed by atoms with Gasteiger partial charge in [0.05, 0.1) is 12.5 Å². The van der Waals surface area contributed by atoms with Gasteiger partial charge in [0.25, 0.3) is 0 Å². The van der Waals surface area contributed by atoms with Gasteiger partial charge in [-0.25, -0.2) is 9.18 Å². The van der Waals surface area contributed by atoms with Crippen LogP contribution in [0.25, 0.3) is 0 Å². The zero-order valence-electron chi connectivity index (χ0n) is 13.1. The van der Waals surface area contributed by atoms with Crippen molar-refractivity contribution < 1.29 is 23.9 Å². The van der Waals surface area contributed by atoms with Gasteiger partial charge < -0.3 is 15.3 Å². The molecule has 24 heavy (non-hydrogen) atoms. The average molecular weight is 334 g/mol. The predicted octanol–water partition coefficient (Wildman–Crippen LogP) is 1.63. The number of rotatable bonds is 6. The smallest absolute Gasteiger partial charge is 0.326 e. The number of carbonyl (C=O) groups is 3. The highest BCUT2D eigenvalue weighted by Crippen LogP contribution is 2.23. The second kappa shape index (κ2) is 7.72. The highest BCUT2D eigenvalue weighted by Gasteiger charge is 2.34. The predicted molar refractivity (Wildman–Crippen MR) is 84.5 cm³/mol. The van der Waals surface area contributed by atoms with E-state index in [1.807, 2.05) is 0 Å². The van der Waals surface area contributed by atoms with E-state index in [0.717, 1.165) is 6.08 Å². The Labute approximate surface area is 139 Å². The van der Waals surface area contributed by atoms with Crippen molar-refractivity contribution in [3.63, 3.8) is 0 Å². The van der Waals surface area contributed by atoms with Crippen molar-refractivity contribution >= 4 is 17.8 Å². The summed E-state index contributed by atoms with van der Waals surface area (Å²) in [5, 5.41) is 11.8. The fourth-order valence-electron chi connectivity index (χ4n) is 2.79. The molecule has 0 aromatic heterocycles. The summed E-state index contributed by atoms with van der Waals surface area (Å²) in [6, 6.07) is 3.93. The minimum Gasteiger partial charge on any atom is -0.480 e. The van der Waals surface area contributed by atoms with Crippen molar-refractivity contribution in [2.24, 2.45) is 0 Å². The molecule has 7 heteroatoms. The molecule has 0 unspecified atom stereocenters. The fourth-order valence-corrected chi connectivity index (χ4v) is 2.79. The van der Waals surface area contributed by atoms with E-state index in [9.17, 15) is 23.9 Å². The summed E-state index contributed by atoms with van der Waals surface area (Å²) in [4.78, 5) is 36.6. The van der Waals surface area contributed by atoms with Gasteiger partial charge in [-0.3, -0.25) is 9.59 Å². The standard InChI is InChI=1S/C17H19FN2O4/c1-2-15(21)19-13(11-5-7-12(18)8-6-11)10-16(22)20-9-3-4-14(20)17(23)24/h2,5-8,13-14H,1,3-4,9-10H2,(H,19,21)(H,23,24)/t13-,14+/m1/s1. The summed E-state index contributed by atoms with van der Waals surface area (Å²) in [7, 11) is 0. The third kappa shape index (κ3) is 4.18. The average Bonchev–Trinajstić information content (AvgIpc) is 3.04. The van der Waals surface area contributed by atoms with Crippen LogP contribution >= 0.6 is 0 Å². The first-order chi connectivity index (χ1) is 11.4. The number of amides is 2. The number of benzene rings is 1. The van der Waals surface area contributed by atoms with Gasteiger partial charge in [0.2, 0.25) is 11.8 Å². The molecule has 1 aromatic rings. The maximum Gasteiger partial charge on any atom is 0.326 e. The molecule has 1 aromatic carbocycles. The van der Waals surface area contributed by atoms with Gasteiger partial charge in [0.15, 0.2) is 0 Å². The largest absolute Gasteiger partial charge is 0.480 e. The van der Waals surface area contributed by atoms with Crippen LogP contribution in [0.3, 0.4) is 0 Å². The molecule has 0 aliphatic carbocycles. The van der Waals surface area contributed by atoms with E-state index in [2.05, 4.69) is 11.9 Å². The fraction of sp³-hybridized carbons (Fsp3) is 0.353. The maximum atomic E-state index is 13.1. The zero-order valence-corrected chi connectivity index (χ0v) is 13.1. The number of aliphatic carboxylic acids is 1. The summed E-state index contributed by atoms with van der Waals surface area (Å²) < 4.78 is 13.1. The van der Waals surface area contributed by atoms with Gasteiger partial charge in [-0.2, -0.15) is 0 Å². The van der Waals surface area contributed by atoms with Crippen LogP contribution in [0.1, 0.15) is 30.9 Å². The number of carboxylic acids is 1. The van der Waals surface area contributed by atoms with E-state index in [1.54, 1.807) is 0 Å². The Morgan fingerprint density at radius 2 is 2.04 bits per heavy atom. The number of nitrogens with zero attached hydrogens (tertiary/aromatic N) is 1. The first-order valence-electron chi connectivity index (χ1n) is 7.63. The van der Waals surface area contributed by atoms with Crippen LogP contribution in [0.2, 0.25) is 0 Å². The van der Waals surface area contributed by atoms with Crippen LogP contribution in [-0.2, 0) is 14.4 Å². The molecule has 1 saturated heterocycles. The molecule has 1 aliphatic rings. The zero-order chi connectivity index (χ0) is 17.7. The molecular formula is C17H19FN2O4. The second-order valence-corrected chi connectivity index (χ2v) is 5.60. The summed E-state index contributed by atoms with van der Waals surface area (Å²) in [6.07, 6.45) is 2.02. The Bertz CT molecular complexity index is 644. The molecule has 2 atom stereocenters. The summed E-state index contributed by atoms with van der Waals surface area (Å²) in [5.74, 6) is -2.29. The molecular weight excluding hydrogens is 315 g/mol. The summed E-state index contributed by atoms with van der Waals surface area (Å²) >= 11 is 0. The lowest BCUT2D eigenvalue weighted by molar-refractivity contribution is -0.148. The second-order valence-electron chi connectivity index (χ2n) is 5.60. The van der Waals surface area contributed by atoms with Crippen molar-refractivity contribution in [1.29, 1.82) is 0 Å². The molecule has 0 radical (unpaired) electrons. The van der Waals surface area contributed by atoms with Gasteiger partial charge in [-0.15, -0.1) is 0 Å². The lowest BCUT2D eigenvalue weighted by Crippen LogP contribution is -2.42. The van der Waals surface area contributed by atoms with Crippen molar-refractivity contribution in [2.45, 2.75) is 31.3 Å². The Kier molecular flexibility index (Phi) is 5.68. The Morgan fingerprint density at radius 3 is 2.62 bits per heavy atom. The lowest BCUT2D eigenvalue weighted by atomic mass is 10.0. The third-order valence-electron chi connectivity index (χ3n) is 4.01. The van der Waals surface area contributed by atoms with Crippen LogP contribution < -0.4 is 5.32 Å². The number of carboxylic acid groups (broad SMARTS) is 1. The van der Waals surface area contributed by atoms with Gasteiger partial charge in [-0.1, -0.05) is 18.7 Å². The van der Waals surface area contributed by atoms with Crippen LogP contribution in [-0.4, -0.2) is 40.4 Å². The minimum absolute atomic E-state index is 0.102. The van der Waals surface area contributed by atoms with Crippen molar-refractivity contribution in [2.75, 3.05) is 6.54 Å². The van der Waals surface area contributed by atoms with E-state index in [4.69, 9.17) is 0 Å². The van der Waals surface area contributed by atoms with Crippen molar-refractivity contribution in [3.05, 3.63) is 48.3 Å². The van der Waals surface area contributed by atoms with E-state index < -0.39 is 29.8 Å². The van der Waals surface area contributed by atoms with E-state index in [1.165, 1.54) is 29.2 Å².